The van der Waals surface area contributed by atoms with Crippen molar-refractivity contribution in [2.75, 3.05) is 11.5 Å². The molecule has 7 heteroatoms. The molecule has 2 aromatic carbocycles. The predicted octanol–water partition coefficient (Wildman–Crippen LogP) is 4.48. The van der Waals surface area contributed by atoms with Gasteiger partial charge in [0.1, 0.15) is 0 Å². The normalized spacial score (nSPS) is 15.1. The average Bonchev–Trinajstić information content (AvgIpc) is 2.94. The number of nitro benzene ring substituents is 1. The van der Waals surface area contributed by atoms with E-state index in [1.54, 1.807) is 19.9 Å². The number of esters is 1. The van der Waals surface area contributed by atoms with Crippen molar-refractivity contribution in [2.24, 2.45) is 0 Å². The Kier molecular flexibility index (Phi) is 5.82. The van der Waals surface area contributed by atoms with Crippen LogP contribution in [0.15, 0.2) is 59.3 Å². The number of carbonyl (C=O) groups is 2. The molecule has 0 atom stereocenters. The van der Waals surface area contributed by atoms with E-state index < -0.39 is 10.9 Å². The van der Waals surface area contributed by atoms with Crippen LogP contribution in [0.5, 0.6) is 0 Å². The molecule has 0 unspecified atom stereocenters. The maximum atomic E-state index is 13.3. The first-order chi connectivity index (χ1) is 14.2. The molecule has 1 aliphatic heterocycles. The molecule has 3 rings (SSSR count). The number of nitrogens with zero attached hydrogens (tertiary/aromatic N) is 2. The summed E-state index contributed by atoms with van der Waals surface area (Å²) in [5.41, 5.74) is 4.17. The van der Waals surface area contributed by atoms with Crippen LogP contribution in [-0.4, -0.2) is 23.4 Å². The van der Waals surface area contributed by atoms with Gasteiger partial charge in [0.15, 0.2) is 0 Å². The van der Waals surface area contributed by atoms with Crippen LogP contribution in [0, 0.1) is 24.0 Å². The number of carbonyl (C=O) groups excluding carboxylic acids is 2. The first-order valence-corrected chi connectivity index (χ1v) is 9.50. The number of hydrogen-bond donors (Lipinski definition) is 0. The van der Waals surface area contributed by atoms with Gasteiger partial charge < -0.3 is 4.74 Å². The zero-order chi connectivity index (χ0) is 22.0. The van der Waals surface area contributed by atoms with Crippen molar-refractivity contribution in [3.63, 3.8) is 0 Å². The largest absolute Gasteiger partial charge is 0.462 e. The van der Waals surface area contributed by atoms with Crippen LogP contribution >= 0.6 is 0 Å². The second-order valence-corrected chi connectivity index (χ2v) is 7.00. The molecule has 1 aliphatic rings. The maximum Gasteiger partial charge on any atom is 0.340 e. The van der Waals surface area contributed by atoms with E-state index in [1.165, 1.54) is 29.2 Å². The Morgan fingerprint density at radius 3 is 2.33 bits per heavy atom. The third-order valence-electron chi connectivity index (χ3n) is 5.04. The summed E-state index contributed by atoms with van der Waals surface area (Å²) in [5, 5.41) is 10.9. The van der Waals surface area contributed by atoms with Gasteiger partial charge >= 0.3 is 5.97 Å². The third kappa shape index (κ3) is 3.87. The van der Waals surface area contributed by atoms with Crippen molar-refractivity contribution in [2.45, 2.75) is 27.7 Å². The maximum absolute atomic E-state index is 13.3. The van der Waals surface area contributed by atoms with Gasteiger partial charge in [-0.25, -0.2) is 4.79 Å². The van der Waals surface area contributed by atoms with Crippen LogP contribution in [0.4, 0.5) is 11.4 Å². The molecule has 0 saturated carbocycles. The minimum Gasteiger partial charge on any atom is -0.462 e. The van der Waals surface area contributed by atoms with Crippen molar-refractivity contribution >= 4 is 29.3 Å². The fourth-order valence-electron chi connectivity index (χ4n) is 3.32. The monoisotopic (exact) mass is 406 g/mol. The number of anilines is 1. The second-order valence-electron chi connectivity index (χ2n) is 7.00. The molecule has 0 aromatic heterocycles. The first-order valence-electron chi connectivity index (χ1n) is 9.50. The lowest BCUT2D eigenvalue weighted by molar-refractivity contribution is -0.384. The van der Waals surface area contributed by atoms with E-state index >= 15 is 0 Å². The number of amides is 1. The molecule has 7 nitrogen and oxygen atoms in total. The summed E-state index contributed by atoms with van der Waals surface area (Å²) in [6.07, 6.45) is 1.56. The number of benzene rings is 2. The first kappa shape index (κ1) is 21.0. The smallest absolute Gasteiger partial charge is 0.340 e. The zero-order valence-electron chi connectivity index (χ0n) is 17.3. The minimum atomic E-state index is -0.581. The van der Waals surface area contributed by atoms with Crippen molar-refractivity contribution < 1.29 is 19.2 Å². The van der Waals surface area contributed by atoms with Crippen molar-refractivity contribution in [3.8, 4) is 0 Å². The predicted molar refractivity (Wildman–Crippen MR) is 114 cm³/mol. The fourth-order valence-corrected chi connectivity index (χ4v) is 3.32. The molecule has 2 aromatic rings. The molecule has 0 saturated heterocycles. The topological polar surface area (TPSA) is 89.8 Å². The molecular weight excluding hydrogens is 384 g/mol. The lowest BCUT2D eigenvalue weighted by atomic mass is 10.0. The number of aryl methyl sites for hydroxylation is 2. The molecule has 154 valence electrons. The number of hydrogen-bond acceptors (Lipinski definition) is 5. The standard InChI is InChI=1S/C23H22N2O5/c1-5-30-23(27)21-16(4)24(19-9-6-14(2)15(3)12-19)22(26)20(21)13-17-7-10-18(11-8-17)25(28)29/h6-13H,5H2,1-4H3/b20-13-. The summed E-state index contributed by atoms with van der Waals surface area (Å²) in [4.78, 5) is 37.8. The third-order valence-corrected chi connectivity index (χ3v) is 5.04. The van der Waals surface area contributed by atoms with E-state index in [-0.39, 0.29) is 29.3 Å². The minimum absolute atomic E-state index is 0.0519. The van der Waals surface area contributed by atoms with Crippen LogP contribution in [0.3, 0.4) is 0 Å². The van der Waals surface area contributed by atoms with Crippen LogP contribution in [0.1, 0.15) is 30.5 Å². The quantitative estimate of drug-likeness (QED) is 0.316. The van der Waals surface area contributed by atoms with Gasteiger partial charge in [0.2, 0.25) is 0 Å². The Labute approximate surface area is 174 Å². The van der Waals surface area contributed by atoms with Crippen molar-refractivity contribution in [3.05, 3.63) is 86.1 Å². The molecule has 0 fully saturated rings. The number of ether oxygens (including phenoxy) is 1. The van der Waals surface area contributed by atoms with Crippen LogP contribution in [-0.2, 0) is 14.3 Å². The SMILES string of the molecule is CCOC(=O)C1=C(C)N(c2ccc(C)c(C)c2)C(=O)/C1=C\c1ccc([N+](=O)[O-])cc1. The van der Waals surface area contributed by atoms with Crippen LogP contribution in [0.2, 0.25) is 0 Å². The summed E-state index contributed by atoms with van der Waals surface area (Å²) in [6, 6.07) is 11.4. The molecule has 0 aliphatic carbocycles. The molecule has 0 N–H and O–H groups in total. The van der Waals surface area contributed by atoms with E-state index in [4.69, 9.17) is 4.74 Å². The molecule has 0 bridgehead atoms. The summed E-state index contributed by atoms with van der Waals surface area (Å²) >= 11 is 0. The number of nitro groups is 1. The Hall–Kier alpha value is -3.74. The van der Waals surface area contributed by atoms with Gasteiger partial charge in [-0.1, -0.05) is 6.07 Å². The summed E-state index contributed by atoms with van der Waals surface area (Å²) in [7, 11) is 0. The van der Waals surface area contributed by atoms with Gasteiger partial charge in [-0.2, -0.15) is 0 Å². The zero-order valence-corrected chi connectivity index (χ0v) is 17.3. The van der Waals surface area contributed by atoms with Gasteiger partial charge in [0, 0.05) is 23.5 Å². The average molecular weight is 406 g/mol. The molecule has 1 heterocycles. The molecule has 30 heavy (non-hydrogen) atoms. The number of non-ortho nitro benzene ring substituents is 1. The highest BCUT2D eigenvalue weighted by molar-refractivity contribution is 6.23. The lowest BCUT2D eigenvalue weighted by Crippen LogP contribution is -2.24. The Balaban J connectivity index is 2.11. The lowest BCUT2D eigenvalue weighted by Gasteiger charge is -2.19. The summed E-state index contributed by atoms with van der Waals surface area (Å²) < 4.78 is 5.18. The van der Waals surface area contributed by atoms with Gasteiger partial charge in [-0.15, -0.1) is 0 Å². The van der Waals surface area contributed by atoms with Crippen LogP contribution in [0.25, 0.3) is 6.08 Å². The van der Waals surface area contributed by atoms with E-state index in [9.17, 15) is 19.7 Å². The Morgan fingerprint density at radius 1 is 1.10 bits per heavy atom. The van der Waals surface area contributed by atoms with Gasteiger partial charge in [0.05, 0.1) is 22.7 Å². The van der Waals surface area contributed by atoms with Crippen molar-refractivity contribution in [1.82, 2.24) is 0 Å². The van der Waals surface area contributed by atoms with Crippen molar-refractivity contribution in [1.29, 1.82) is 0 Å². The molecule has 0 spiro atoms. The highest BCUT2D eigenvalue weighted by atomic mass is 16.6. The second kappa shape index (κ2) is 8.32. The highest BCUT2D eigenvalue weighted by Crippen LogP contribution is 2.36. The Morgan fingerprint density at radius 2 is 1.77 bits per heavy atom. The van der Waals surface area contributed by atoms with Gasteiger partial charge in [0.25, 0.3) is 11.6 Å². The highest BCUT2D eigenvalue weighted by Gasteiger charge is 2.38. The number of rotatable bonds is 5. The number of allylic oxidation sites excluding steroid dienone is 1. The fraction of sp³-hybridized carbons (Fsp3) is 0.217. The summed E-state index contributed by atoms with van der Waals surface area (Å²) in [5.74, 6) is -0.931. The Bertz CT molecular complexity index is 1100. The summed E-state index contributed by atoms with van der Waals surface area (Å²) in [6.45, 7) is 7.52. The van der Waals surface area contributed by atoms with Gasteiger partial charge in [-0.3, -0.25) is 19.8 Å². The van der Waals surface area contributed by atoms with Crippen LogP contribution < -0.4 is 4.90 Å². The van der Waals surface area contributed by atoms with E-state index in [1.807, 2.05) is 32.0 Å². The van der Waals surface area contributed by atoms with E-state index in [0.717, 1.165) is 11.1 Å². The molecular formula is C23H22N2O5. The van der Waals surface area contributed by atoms with E-state index in [0.29, 0.717) is 16.9 Å². The van der Waals surface area contributed by atoms with Gasteiger partial charge in [-0.05, 0) is 74.7 Å². The molecule has 1 amide bonds. The molecule has 0 radical (unpaired) electrons. The van der Waals surface area contributed by atoms with E-state index in [2.05, 4.69) is 0 Å².